The fourth-order valence-electron chi connectivity index (χ4n) is 3.88. The zero-order valence-corrected chi connectivity index (χ0v) is 14.9. The van der Waals surface area contributed by atoms with Crippen LogP contribution in [0.3, 0.4) is 0 Å². The Balaban J connectivity index is 1.93. The van der Waals surface area contributed by atoms with Crippen LogP contribution in [0.25, 0.3) is 0 Å². The van der Waals surface area contributed by atoms with Crippen molar-refractivity contribution in [2.45, 2.75) is 25.1 Å². The number of ketones is 1. The summed E-state index contributed by atoms with van der Waals surface area (Å²) in [7, 11) is -1.84. The summed E-state index contributed by atoms with van der Waals surface area (Å²) in [6.07, 6.45) is 5.90. The monoisotopic (exact) mass is 324 g/mol. The first-order chi connectivity index (χ1) is 10.9. The molecule has 3 rings (SSSR count). The van der Waals surface area contributed by atoms with E-state index in [1.54, 1.807) is 6.08 Å². The highest BCUT2D eigenvalue weighted by Crippen LogP contribution is 2.47. The van der Waals surface area contributed by atoms with E-state index < -0.39 is 13.7 Å². The summed E-state index contributed by atoms with van der Waals surface area (Å²) in [6.45, 7) is 13.7. The average molecular weight is 324 g/mol. The summed E-state index contributed by atoms with van der Waals surface area (Å²) in [5.74, 6) is 0.513. The van der Waals surface area contributed by atoms with Gasteiger partial charge in [0, 0.05) is 18.3 Å². The van der Waals surface area contributed by atoms with Crippen LogP contribution in [0.2, 0.25) is 13.1 Å². The first kappa shape index (κ1) is 16.2. The highest BCUT2D eigenvalue weighted by molar-refractivity contribution is 6.95. The van der Waals surface area contributed by atoms with Crippen LogP contribution in [-0.4, -0.2) is 26.1 Å². The topological polar surface area (TPSA) is 26.3 Å². The Labute approximate surface area is 139 Å². The van der Waals surface area contributed by atoms with E-state index in [2.05, 4.69) is 50.5 Å². The van der Waals surface area contributed by atoms with Crippen LogP contribution in [0.5, 0.6) is 0 Å². The van der Waals surface area contributed by atoms with Crippen molar-refractivity contribution < 1.29 is 9.53 Å². The maximum absolute atomic E-state index is 12.0. The normalized spacial score (nSPS) is 30.1. The SMILES string of the molecule is C=C[C@@]12C=CC(=O)C[C@@H]1[C@H](C(=C)[Si](C)(C)c1ccccc1)CO2. The minimum absolute atomic E-state index is 0.125. The molecule has 0 saturated carbocycles. The van der Waals surface area contributed by atoms with Crippen molar-refractivity contribution in [3.05, 3.63) is 66.9 Å². The van der Waals surface area contributed by atoms with Crippen LogP contribution < -0.4 is 5.19 Å². The molecule has 0 aromatic heterocycles. The Hall–Kier alpha value is -1.71. The fourth-order valence-corrected chi connectivity index (χ4v) is 6.49. The summed E-state index contributed by atoms with van der Waals surface area (Å²) in [5, 5.41) is 2.64. The second-order valence-electron chi connectivity index (χ2n) is 7.10. The molecule has 1 aliphatic carbocycles. The standard InChI is InChI=1S/C20H24O2Si/c1-5-20-12-11-16(21)13-19(20)18(14-22-20)15(2)23(3,4)17-9-7-6-8-10-17/h5-12,18-19H,1-2,13-14H2,3-4H3/t18-,19+,20+/m0/s1. The lowest BCUT2D eigenvalue weighted by atomic mass is 9.74. The van der Waals surface area contributed by atoms with Crippen molar-refractivity contribution in [2.24, 2.45) is 11.8 Å². The number of rotatable bonds is 4. The molecule has 3 heteroatoms. The van der Waals surface area contributed by atoms with E-state index in [9.17, 15) is 4.79 Å². The number of allylic oxidation sites excluding steroid dienone is 1. The molecule has 1 aromatic rings. The average Bonchev–Trinajstić information content (AvgIpc) is 2.94. The Morgan fingerprint density at radius 3 is 2.70 bits per heavy atom. The highest BCUT2D eigenvalue weighted by atomic mass is 28.3. The third-order valence-electron chi connectivity index (χ3n) is 5.59. The van der Waals surface area contributed by atoms with Gasteiger partial charge in [-0.25, -0.2) is 0 Å². The molecule has 0 N–H and O–H groups in total. The number of carbonyl (C=O) groups excluding carboxylic acids is 1. The molecule has 2 aliphatic rings. The van der Waals surface area contributed by atoms with E-state index in [4.69, 9.17) is 4.74 Å². The zero-order chi connectivity index (χ0) is 16.7. The summed E-state index contributed by atoms with van der Waals surface area (Å²) in [6, 6.07) is 10.6. The molecule has 3 atom stereocenters. The van der Waals surface area contributed by atoms with Gasteiger partial charge in [-0.3, -0.25) is 4.79 Å². The van der Waals surface area contributed by atoms with Crippen LogP contribution in [-0.2, 0) is 9.53 Å². The Morgan fingerprint density at radius 1 is 1.35 bits per heavy atom. The molecule has 0 spiro atoms. The lowest BCUT2D eigenvalue weighted by Gasteiger charge is -2.36. The van der Waals surface area contributed by atoms with E-state index in [-0.39, 0.29) is 17.6 Å². The van der Waals surface area contributed by atoms with Crippen molar-refractivity contribution >= 4 is 19.0 Å². The molecular formula is C20H24O2Si. The van der Waals surface area contributed by atoms with Crippen LogP contribution in [0.15, 0.2) is 66.9 Å². The number of carbonyl (C=O) groups is 1. The molecule has 0 unspecified atom stereocenters. The van der Waals surface area contributed by atoms with Gasteiger partial charge in [0.25, 0.3) is 0 Å². The Morgan fingerprint density at radius 2 is 2.04 bits per heavy atom. The molecule has 23 heavy (non-hydrogen) atoms. The van der Waals surface area contributed by atoms with Crippen molar-refractivity contribution in [3.8, 4) is 0 Å². The van der Waals surface area contributed by atoms with Gasteiger partial charge in [0.1, 0.15) is 13.7 Å². The minimum atomic E-state index is -1.84. The molecular weight excluding hydrogens is 300 g/mol. The lowest BCUT2D eigenvalue weighted by Crippen LogP contribution is -2.48. The van der Waals surface area contributed by atoms with Gasteiger partial charge in [-0.2, -0.15) is 0 Å². The number of fused-ring (bicyclic) bond motifs is 1. The summed E-state index contributed by atoms with van der Waals surface area (Å²) < 4.78 is 6.11. The molecule has 120 valence electrons. The first-order valence-electron chi connectivity index (χ1n) is 8.15. The molecule has 0 amide bonds. The molecule has 2 nitrogen and oxygen atoms in total. The van der Waals surface area contributed by atoms with Crippen LogP contribution >= 0.6 is 0 Å². The molecule has 1 aromatic carbocycles. The van der Waals surface area contributed by atoms with Crippen LogP contribution in [0.1, 0.15) is 6.42 Å². The fraction of sp³-hybridized carbons (Fsp3) is 0.350. The molecule has 0 radical (unpaired) electrons. The van der Waals surface area contributed by atoms with Crippen molar-refractivity contribution in [1.29, 1.82) is 0 Å². The minimum Gasteiger partial charge on any atom is -0.366 e. The summed E-state index contributed by atoms with van der Waals surface area (Å²) in [5.41, 5.74) is -0.497. The quantitative estimate of drug-likeness (QED) is 0.627. The Kier molecular flexibility index (Phi) is 4.03. The second-order valence-corrected chi connectivity index (χ2v) is 11.6. The van der Waals surface area contributed by atoms with E-state index in [1.165, 1.54) is 10.4 Å². The maximum Gasteiger partial charge on any atom is 0.155 e. The van der Waals surface area contributed by atoms with Crippen molar-refractivity contribution in [1.82, 2.24) is 0 Å². The van der Waals surface area contributed by atoms with Gasteiger partial charge in [0.15, 0.2) is 5.78 Å². The number of hydrogen-bond acceptors (Lipinski definition) is 2. The largest absolute Gasteiger partial charge is 0.366 e. The smallest absolute Gasteiger partial charge is 0.155 e. The number of benzene rings is 1. The van der Waals surface area contributed by atoms with E-state index >= 15 is 0 Å². The van der Waals surface area contributed by atoms with E-state index in [0.717, 1.165) is 0 Å². The maximum atomic E-state index is 12.0. The van der Waals surface area contributed by atoms with Gasteiger partial charge in [0.05, 0.1) is 6.61 Å². The number of hydrogen-bond donors (Lipinski definition) is 0. The van der Waals surface area contributed by atoms with Crippen LogP contribution in [0.4, 0.5) is 0 Å². The molecule has 0 bridgehead atoms. The molecule has 1 fully saturated rings. The van der Waals surface area contributed by atoms with E-state index in [1.807, 2.05) is 18.2 Å². The Bertz CT molecular complexity index is 674. The van der Waals surface area contributed by atoms with Crippen LogP contribution in [0, 0.1) is 11.8 Å². The van der Waals surface area contributed by atoms with Gasteiger partial charge < -0.3 is 4.74 Å². The summed E-state index contributed by atoms with van der Waals surface area (Å²) >= 11 is 0. The van der Waals surface area contributed by atoms with Crippen molar-refractivity contribution in [3.63, 3.8) is 0 Å². The highest BCUT2D eigenvalue weighted by Gasteiger charge is 2.51. The molecule has 1 heterocycles. The van der Waals surface area contributed by atoms with Gasteiger partial charge in [-0.15, -0.1) is 6.58 Å². The third kappa shape index (κ3) is 2.58. The lowest BCUT2D eigenvalue weighted by molar-refractivity contribution is -0.117. The van der Waals surface area contributed by atoms with Crippen molar-refractivity contribution in [2.75, 3.05) is 6.61 Å². The first-order valence-corrected chi connectivity index (χ1v) is 11.1. The van der Waals surface area contributed by atoms with Gasteiger partial charge >= 0.3 is 0 Å². The predicted octanol–water partition coefficient (Wildman–Crippen LogP) is 3.41. The summed E-state index contributed by atoms with van der Waals surface area (Å²) in [4.78, 5) is 12.0. The third-order valence-corrected chi connectivity index (χ3v) is 9.35. The van der Waals surface area contributed by atoms with Gasteiger partial charge in [-0.1, -0.05) is 66.5 Å². The zero-order valence-electron chi connectivity index (χ0n) is 13.9. The molecule has 1 saturated heterocycles. The second kappa shape index (κ2) is 5.73. The number of ether oxygens (including phenoxy) is 1. The van der Waals surface area contributed by atoms with Gasteiger partial charge in [-0.05, 0) is 12.2 Å². The predicted molar refractivity (Wildman–Crippen MR) is 97.3 cm³/mol. The van der Waals surface area contributed by atoms with Gasteiger partial charge in [0.2, 0.25) is 0 Å². The van der Waals surface area contributed by atoms with E-state index in [0.29, 0.717) is 13.0 Å². The molecule has 1 aliphatic heterocycles.